The molecule has 1 amide bonds. The number of carbonyl (C=O) groups excluding carboxylic acids is 1. The van der Waals surface area contributed by atoms with E-state index in [1.807, 2.05) is 0 Å². The molecule has 1 aliphatic heterocycles. The number of carbonyl (C=O) groups is 1. The van der Waals surface area contributed by atoms with Crippen LogP contribution in [0.15, 0.2) is 36.5 Å². The third-order valence-corrected chi connectivity index (χ3v) is 5.48. The van der Waals surface area contributed by atoms with E-state index >= 15 is 0 Å². The normalized spacial score (nSPS) is 16.8. The highest BCUT2D eigenvalue weighted by Crippen LogP contribution is 2.50. The number of halogens is 2. The molecule has 6 heteroatoms. The molecule has 2 heterocycles. The SMILES string of the molecule is CNC(=O)c1cccc(-c2cnc3c(c2Cl)C2(CC=CC2)CN3)c1F. The van der Waals surface area contributed by atoms with Crippen LogP contribution >= 0.6 is 11.6 Å². The first-order valence-corrected chi connectivity index (χ1v) is 8.54. The largest absolute Gasteiger partial charge is 0.369 e. The second-order valence-corrected chi connectivity index (χ2v) is 6.85. The standard InChI is InChI=1S/C19H17ClFN3O/c1-22-18(25)12-6-4-5-11(16(12)21)13-9-23-17-14(15(13)20)19(10-24-17)7-2-3-8-19/h2-6,9H,7-8,10H2,1H3,(H,22,25)(H,23,24). The van der Waals surface area contributed by atoms with E-state index in [4.69, 9.17) is 11.6 Å². The molecule has 4 nitrogen and oxygen atoms in total. The number of allylic oxidation sites excluding steroid dienone is 2. The first-order chi connectivity index (χ1) is 12.1. The molecule has 2 aromatic rings. The maximum atomic E-state index is 14.9. The Bertz CT molecular complexity index is 902. The maximum Gasteiger partial charge on any atom is 0.254 e. The van der Waals surface area contributed by atoms with Crippen molar-refractivity contribution in [1.82, 2.24) is 10.3 Å². The van der Waals surface area contributed by atoms with E-state index in [9.17, 15) is 9.18 Å². The van der Waals surface area contributed by atoms with Crippen LogP contribution in [-0.4, -0.2) is 24.5 Å². The van der Waals surface area contributed by atoms with E-state index in [0.29, 0.717) is 10.6 Å². The lowest BCUT2D eigenvalue weighted by atomic mass is 9.80. The van der Waals surface area contributed by atoms with Crippen LogP contribution < -0.4 is 10.6 Å². The predicted molar refractivity (Wildman–Crippen MR) is 96.6 cm³/mol. The molecule has 0 saturated carbocycles. The molecule has 4 rings (SSSR count). The minimum absolute atomic E-state index is 0.00747. The summed E-state index contributed by atoms with van der Waals surface area (Å²) in [4.78, 5) is 16.3. The van der Waals surface area contributed by atoms with Crippen LogP contribution in [0.4, 0.5) is 10.2 Å². The van der Waals surface area contributed by atoms with E-state index in [-0.39, 0.29) is 16.5 Å². The Balaban J connectivity index is 1.88. The quantitative estimate of drug-likeness (QED) is 0.801. The van der Waals surface area contributed by atoms with Crippen LogP contribution in [0.1, 0.15) is 28.8 Å². The Morgan fingerprint density at radius 1 is 1.32 bits per heavy atom. The van der Waals surface area contributed by atoms with Crippen molar-refractivity contribution in [1.29, 1.82) is 0 Å². The molecule has 25 heavy (non-hydrogen) atoms. The summed E-state index contributed by atoms with van der Waals surface area (Å²) in [7, 11) is 1.47. The van der Waals surface area contributed by atoms with Crippen molar-refractivity contribution in [2.75, 3.05) is 18.9 Å². The number of nitrogens with one attached hydrogen (secondary N) is 2. The number of nitrogens with zero attached hydrogens (tertiary/aromatic N) is 1. The monoisotopic (exact) mass is 357 g/mol. The molecule has 0 saturated heterocycles. The molecule has 0 radical (unpaired) electrons. The molecule has 2 N–H and O–H groups in total. The van der Waals surface area contributed by atoms with E-state index < -0.39 is 11.7 Å². The van der Waals surface area contributed by atoms with E-state index in [1.54, 1.807) is 18.3 Å². The van der Waals surface area contributed by atoms with Gasteiger partial charge in [-0.15, -0.1) is 0 Å². The molecule has 1 spiro atoms. The number of aromatic nitrogens is 1. The number of anilines is 1. The van der Waals surface area contributed by atoms with Crippen molar-refractivity contribution in [3.63, 3.8) is 0 Å². The summed E-state index contributed by atoms with van der Waals surface area (Å²) in [5.74, 6) is -0.293. The Hall–Kier alpha value is -2.40. The van der Waals surface area contributed by atoms with Gasteiger partial charge in [0.25, 0.3) is 5.91 Å². The van der Waals surface area contributed by atoms with Gasteiger partial charge in [-0.3, -0.25) is 4.79 Å². The highest BCUT2D eigenvalue weighted by molar-refractivity contribution is 6.34. The van der Waals surface area contributed by atoms with Gasteiger partial charge in [-0.05, 0) is 18.9 Å². The fourth-order valence-electron chi connectivity index (χ4n) is 3.74. The first-order valence-electron chi connectivity index (χ1n) is 8.16. The molecule has 0 unspecified atom stereocenters. The molecule has 0 fully saturated rings. The molecule has 1 aliphatic carbocycles. The Kier molecular flexibility index (Phi) is 3.76. The summed E-state index contributed by atoms with van der Waals surface area (Å²) in [6.45, 7) is 0.770. The minimum atomic E-state index is -0.588. The number of fused-ring (bicyclic) bond motifs is 2. The van der Waals surface area contributed by atoms with Gasteiger partial charge in [0.2, 0.25) is 0 Å². The van der Waals surface area contributed by atoms with Crippen LogP contribution in [0.2, 0.25) is 5.02 Å². The smallest absolute Gasteiger partial charge is 0.254 e. The molecule has 0 bridgehead atoms. The van der Waals surface area contributed by atoms with E-state index in [2.05, 4.69) is 27.8 Å². The lowest BCUT2D eigenvalue weighted by Crippen LogP contribution is -2.25. The summed E-state index contributed by atoms with van der Waals surface area (Å²) < 4.78 is 14.9. The molecular weight excluding hydrogens is 341 g/mol. The highest BCUT2D eigenvalue weighted by atomic mass is 35.5. The maximum absolute atomic E-state index is 14.9. The highest BCUT2D eigenvalue weighted by Gasteiger charge is 2.42. The first kappa shape index (κ1) is 16.1. The lowest BCUT2D eigenvalue weighted by Gasteiger charge is -2.24. The third kappa shape index (κ3) is 2.34. The van der Waals surface area contributed by atoms with Crippen LogP contribution in [0.5, 0.6) is 0 Å². The van der Waals surface area contributed by atoms with Crippen molar-refractivity contribution < 1.29 is 9.18 Å². The average molecular weight is 358 g/mol. The van der Waals surface area contributed by atoms with Gasteiger partial charge in [0.05, 0.1) is 10.6 Å². The van der Waals surface area contributed by atoms with Crippen molar-refractivity contribution in [2.24, 2.45) is 0 Å². The zero-order valence-electron chi connectivity index (χ0n) is 13.7. The zero-order valence-corrected chi connectivity index (χ0v) is 14.5. The van der Waals surface area contributed by atoms with Crippen molar-refractivity contribution in [3.8, 4) is 11.1 Å². The molecule has 128 valence electrons. The van der Waals surface area contributed by atoms with Gasteiger partial charge in [-0.2, -0.15) is 0 Å². The fraction of sp³-hybridized carbons (Fsp3) is 0.263. The van der Waals surface area contributed by atoms with Crippen LogP contribution in [0.25, 0.3) is 11.1 Å². The van der Waals surface area contributed by atoms with Crippen LogP contribution in [0, 0.1) is 5.82 Å². The Morgan fingerprint density at radius 3 is 2.80 bits per heavy atom. The average Bonchev–Trinajstić information content (AvgIpc) is 3.24. The Labute approximate surface area is 150 Å². The van der Waals surface area contributed by atoms with Crippen LogP contribution in [-0.2, 0) is 5.41 Å². The fourth-order valence-corrected chi connectivity index (χ4v) is 4.18. The summed E-state index contributed by atoms with van der Waals surface area (Å²) in [5.41, 5.74) is 1.63. The molecule has 1 aromatic heterocycles. The Morgan fingerprint density at radius 2 is 2.08 bits per heavy atom. The molecule has 1 aromatic carbocycles. The predicted octanol–water partition coefficient (Wildman–Crippen LogP) is 3.91. The molecule has 2 aliphatic rings. The minimum Gasteiger partial charge on any atom is -0.369 e. The number of benzene rings is 1. The molecule has 0 atom stereocenters. The summed E-state index contributed by atoms with van der Waals surface area (Å²) in [6.07, 6.45) is 7.64. The van der Waals surface area contributed by atoms with Gasteiger partial charge in [-0.25, -0.2) is 9.37 Å². The third-order valence-electron chi connectivity index (χ3n) is 5.08. The lowest BCUT2D eigenvalue weighted by molar-refractivity contribution is 0.0959. The van der Waals surface area contributed by atoms with Crippen LogP contribution in [0.3, 0.4) is 0 Å². The topological polar surface area (TPSA) is 54.0 Å². The van der Waals surface area contributed by atoms with Gasteiger partial charge in [0, 0.05) is 41.9 Å². The van der Waals surface area contributed by atoms with Crippen molar-refractivity contribution in [2.45, 2.75) is 18.3 Å². The second kappa shape index (κ2) is 5.85. The number of hydrogen-bond donors (Lipinski definition) is 2. The van der Waals surface area contributed by atoms with Gasteiger partial charge in [0.1, 0.15) is 11.6 Å². The van der Waals surface area contributed by atoms with E-state index in [1.165, 1.54) is 13.1 Å². The van der Waals surface area contributed by atoms with E-state index in [0.717, 1.165) is 30.8 Å². The summed E-state index contributed by atoms with van der Waals surface area (Å²) >= 11 is 6.72. The number of rotatable bonds is 2. The van der Waals surface area contributed by atoms with Crippen molar-refractivity contribution >= 4 is 23.3 Å². The summed E-state index contributed by atoms with van der Waals surface area (Å²) in [6, 6.07) is 4.73. The number of amides is 1. The zero-order chi connectivity index (χ0) is 17.6. The second-order valence-electron chi connectivity index (χ2n) is 6.47. The van der Waals surface area contributed by atoms with Gasteiger partial charge < -0.3 is 10.6 Å². The number of pyridine rings is 1. The van der Waals surface area contributed by atoms with Gasteiger partial charge in [0.15, 0.2) is 0 Å². The molecular formula is C19H17ClFN3O. The number of hydrogen-bond acceptors (Lipinski definition) is 3. The van der Waals surface area contributed by atoms with Gasteiger partial charge >= 0.3 is 0 Å². The van der Waals surface area contributed by atoms with Gasteiger partial charge in [-0.1, -0.05) is 35.9 Å². The summed E-state index contributed by atoms with van der Waals surface area (Å²) in [5, 5.41) is 6.27. The van der Waals surface area contributed by atoms with Crippen molar-refractivity contribution in [3.05, 3.63) is 58.5 Å².